The minimum Gasteiger partial charge on any atom is -0.489 e. The van der Waals surface area contributed by atoms with Gasteiger partial charge in [0, 0.05) is 25.6 Å². The number of likely N-dealkylation sites (N-methyl/N-ethyl adjacent to an activating group) is 1. The molecule has 1 fully saturated rings. The summed E-state index contributed by atoms with van der Waals surface area (Å²) in [6, 6.07) is 35.9. The van der Waals surface area contributed by atoms with Gasteiger partial charge in [0.05, 0.1) is 6.04 Å². The molecule has 2 amide bonds. The minimum absolute atomic E-state index is 0.0396. The number of carbonyl (C=O) groups is 2. The Morgan fingerprint density at radius 2 is 1.34 bits per heavy atom. The van der Waals surface area contributed by atoms with Crippen molar-refractivity contribution in [2.24, 2.45) is 5.92 Å². The summed E-state index contributed by atoms with van der Waals surface area (Å²) in [5, 5.41) is 6.76. The number of nitrogens with one attached hydrogen (secondary N) is 2. The SMILES string of the molecule is CC(C)C[C@@H](C(=O)N[C@@H](Cc1ccc(OCc2ccccc2)cc1)C(=O)N(Cc1ccccc1)C1CCNCC1)N(C)Cc1ccc(C(C)(C)C)cc1. The lowest BCUT2D eigenvalue weighted by Crippen LogP contribution is -2.57. The molecule has 0 saturated carbocycles. The van der Waals surface area contributed by atoms with Crippen LogP contribution in [0.3, 0.4) is 0 Å². The first-order valence-electron chi connectivity index (χ1n) is 19.4. The highest BCUT2D eigenvalue weighted by atomic mass is 16.5. The fourth-order valence-corrected chi connectivity index (χ4v) is 7.09. The van der Waals surface area contributed by atoms with E-state index in [2.05, 4.69) is 86.6 Å². The number of rotatable bonds is 16. The van der Waals surface area contributed by atoms with Crippen molar-refractivity contribution < 1.29 is 14.3 Å². The summed E-state index contributed by atoms with van der Waals surface area (Å²) in [5.74, 6) is 0.901. The quantitative estimate of drug-likeness (QED) is 0.123. The summed E-state index contributed by atoms with van der Waals surface area (Å²) in [6.07, 6.45) is 2.81. The monoisotopic (exact) mass is 716 g/mol. The van der Waals surface area contributed by atoms with Crippen molar-refractivity contribution in [3.8, 4) is 5.75 Å². The van der Waals surface area contributed by atoms with E-state index < -0.39 is 12.1 Å². The van der Waals surface area contributed by atoms with Crippen LogP contribution in [0.1, 0.15) is 81.7 Å². The third kappa shape index (κ3) is 12.0. The largest absolute Gasteiger partial charge is 0.489 e. The van der Waals surface area contributed by atoms with Crippen molar-refractivity contribution in [2.75, 3.05) is 20.1 Å². The van der Waals surface area contributed by atoms with E-state index in [1.165, 1.54) is 5.56 Å². The molecule has 1 heterocycles. The summed E-state index contributed by atoms with van der Waals surface area (Å²) in [6.45, 7) is 14.3. The lowest BCUT2D eigenvalue weighted by atomic mass is 9.86. The molecule has 0 aromatic heterocycles. The molecule has 2 atom stereocenters. The van der Waals surface area contributed by atoms with Crippen LogP contribution in [0.25, 0.3) is 0 Å². The second-order valence-corrected chi connectivity index (χ2v) is 16.1. The molecule has 1 aliphatic rings. The highest BCUT2D eigenvalue weighted by Crippen LogP contribution is 2.24. The summed E-state index contributed by atoms with van der Waals surface area (Å²) < 4.78 is 6.06. The van der Waals surface area contributed by atoms with Gasteiger partial charge < -0.3 is 20.3 Å². The maximum Gasteiger partial charge on any atom is 0.246 e. The highest BCUT2D eigenvalue weighted by molar-refractivity contribution is 5.90. The zero-order valence-electron chi connectivity index (χ0n) is 32.7. The number of hydrogen-bond acceptors (Lipinski definition) is 5. The number of benzene rings is 4. The molecule has 282 valence electrons. The Kier molecular flexibility index (Phi) is 14.3. The third-order valence-electron chi connectivity index (χ3n) is 10.2. The molecule has 4 aromatic carbocycles. The van der Waals surface area contributed by atoms with E-state index in [0.717, 1.165) is 53.9 Å². The van der Waals surface area contributed by atoms with Crippen LogP contribution < -0.4 is 15.4 Å². The number of hydrogen-bond donors (Lipinski definition) is 2. The fraction of sp³-hybridized carbons (Fsp3) is 0.435. The Bertz CT molecular complexity index is 1700. The van der Waals surface area contributed by atoms with Crippen molar-refractivity contribution in [3.63, 3.8) is 0 Å². The Morgan fingerprint density at radius 3 is 1.92 bits per heavy atom. The smallest absolute Gasteiger partial charge is 0.246 e. The summed E-state index contributed by atoms with van der Waals surface area (Å²) in [7, 11) is 2.02. The molecule has 2 N–H and O–H groups in total. The van der Waals surface area contributed by atoms with Gasteiger partial charge in [-0.3, -0.25) is 14.5 Å². The van der Waals surface area contributed by atoms with E-state index in [4.69, 9.17) is 4.74 Å². The average Bonchev–Trinajstić information content (AvgIpc) is 3.16. The lowest BCUT2D eigenvalue weighted by Gasteiger charge is -2.38. The molecule has 5 rings (SSSR count). The first kappa shape index (κ1) is 39.7. The van der Waals surface area contributed by atoms with Gasteiger partial charge in [0.1, 0.15) is 18.4 Å². The summed E-state index contributed by atoms with van der Waals surface area (Å²) in [4.78, 5) is 33.5. The zero-order chi connectivity index (χ0) is 37.8. The average molecular weight is 717 g/mol. The van der Waals surface area contributed by atoms with Gasteiger partial charge in [-0.15, -0.1) is 0 Å². The number of ether oxygens (including phenoxy) is 1. The molecule has 0 unspecified atom stereocenters. The van der Waals surface area contributed by atoms with Crippen LogP contribution in [0.5, 0.6) is 5.75 Å². The Labute approximate surface area is 318 Å². The second kappa shape index (κ2) is 19.0. The minimum atomic E-state index is -0.730. The van der Waals surface area contributed by atoms with Gasteiger partial charge in [-0.25, -0.2) is 0 Å². The maximum absolute atomic E-state index is 14.9. The molecule has 7 heteroatoms. The lowest BCUT2D eigenvalue weighted by molar-refractivity contribution is -0.140. The molecular formula is C46H60N4O3. The molecule has 1 saturated heterocycles. The first-order chi connectivity index (χ1) is 25.5. The summed E-state index contributed by atoms with van der Waals surface area (Å²) in [5.41, 5.74) is 5.66. The van der Waals surface area contributed by atoms with E-state index in [1.54, 1.807) is 0 Å². The van der Waals surface area contributed by atoms with Gasteiger partial charge in [-0.05, 0) is 90.7 Å². The van der Waals surface area contributed by atoms with E-state index >= 15 is 0 Å². The Balaban J connectivity index is 1.39. The van der Waals surface area contributed by atoms with Crippen molar-refractivity contribution in [3.05, 3.63) is 137 Å². The molecule has 0 aliphatic carbocycles. The third-order valence-corrected chi connectivity index (χ3v) is 10.2. The van der Waals surface area contributed by atoms with Crippen molar-refractivity contribution >= 4 is 11.8 Å². The second-order valence-electron chi connectivity index (χ2n) is 16.1. The molecule has 7 nitrogen and oxygen atoms in total. The molecule has 4 aromatic rings. The Hall–Kier alpha value is -4.46. The standard InChI is InChI=1S/C46H60N4O3/c1-34(2)29-43(49(6)31-37-17-21-39(22-18-37)46(3,4)5)44(51)48-42(30-35-19-23-41(24-20-35)53-33-38-15-11-8-12-16-38)45(52)50(40-25-27-47-28-26-40)32-36-13-9-7-10-14-36/h7-24,34,40,42-43,47H,25-33H2,1-6H3,(H,48,51)/t42-,43-/m0/s1. The van der Waals surface area contributed by atoms with Crippen molar-refractivity contribution in [1.29, 1.82) is 0 Å². The van der Waals surface area contributed by atoms with Gasteiger partial charge in [0.15, 0.2) is 0 Å². The number of piperidine rings is 1. The van der Waals surface area contributed by atoms with Gasteiger partial charge >= 0.3 is 0 Å². The van der Waals surface area contributed by atoms with Gasteiger partial charge in [0.2, 0.25) is 11.8 Å². The van der Waals surface area contributed by atoms with Gasteiger partial charge in [-0.2, -0.15) is 0 Å². The highest BCUT2D eigenvalue weighted by Gasteiger charge is 2.34. The van der Waals surface area contributed by atoms with Crippen LogP contribution in [-0.4, -0.2) is 59.9 Å². The van der Waals surface area contributed by atoms with Crippen LogP contribution in [-0.2, 0) is 41.1 Å². The summed E-state index contributed by atoms with van der Waals surface area (Å²) >= 11 is 0. The van der Waals surface area contributed by atoms with E-state index in [-0.39, 0.29) is 23.3 Å². The zero-order valence-corrected chi connectivity index (χ0v) is 32.7. The maximum atomic E-state index is 14.9. The number of carbonyl (C=O) groups excluding carboxylic acids is 2. The van der Waals surface area contributed by atoms with Crippen LogP contribution in [0.4, 0.5) is 0 Å². The van der Waals surface area contributed by atoms with Crippen molar-refractivity contribution in [1.82, 2.24) is 20.4 Å². The molecule has 0 radical (unpaired) electrons. The van der Waals surface area contributed by atoms with Gasteiger partial charge in [-0.1, -0.05) is 132 Å². The predicted molar refractivity (Wildman–Crippen MR) is 216 cm³/mol. The van der Waals surface area contributed by atoms with E-state index in [9.17, 15) is 9.59 Å². The fourth-order valence-electron chi connectivity index (χ4n) is 7.09. The van der Waals surface area contributed by atoms with E-state index in [1.807, 2.05) is 84.7 Å². The van der Waals surface area contributed by atoms with E-state index in [0.29, 0.717) is 38.5 Å². The first-order valence-corrected chi connectivity index (χ1v) is 19.4. The molecule has 53 heavy (non-hydrogen) atoms. The topological polar surface area (TPSA) is 73.9 Å². The number of nitrogens with zero attached hydrogens (tertiary/aromatic N) is 2. The van der Waals surface area contributed by atoms with Crippen LogP contribution in [0, 0.1) is 5.92 Å². The van der Waals surface area contributed by atoms with Gasteiger partial charge in [0.25, 0.3) is 0 Å². The van der Waals surface area contributed by atoms with Crippen LogP contribution in [0.2, 0.25) is 0 Å². The molecule has 0 bridgehead atoms. The van der Waals surface area contributed by atoms with Crippen molar-refractivity contribution in [2.45, 2.75) is 104 Å². The van der Waals surface area contributed by atoms with Crippen LogP contribution in [0.15, 0.2) is 109 Å². The Morgan fingerprint density at radius 1 is 0.774 bits per heavy atom. The molecular weight excluding hydrogens is 657 g/mol. The normalized spacial score (nSPS) is 14.9. The molecule has 1 aliphatic heterocycles. The predicted octanol–water partition coefficient (Wildman–Crippen LogP) is 7.92. The number of amides is 2. The van der Waals surface area contributed by atoms with Crippen LogP contribution >= 0.6 is 0 Å². The molecule has 0 spiro atoms.